The van der Waals surface area contributed by atoms with Crippen LogP contribution in [0.4, 0.5) is 10.5 Å². The Labute approximate surface area is 169 Å². The second kappa shape index (κ2) is 6.48. The van der Waals surface area contributed by atoms with Crippen LogP contribution in [0.1, 0.15) is 68.6 Å². The Hall–Kier alpha value is -2.08. The molecule has 2 aromatic rings. The molecule has 5 rings (SSSR count). The summed E-state index contributed by atoms with van der Waals surface area (Å²) in [5.74, 6) is 2.21. The van der Waals surface area contributed by atoms with Crippen LogP contribution in [0.15, 0.2) is 22.7 Å². The number of carbonyl (C=O) groups is 1. The van der Waals surface area contributed by atoms with E-state index in [-0.39, 0.29) is 12.1 Å². The minimum absolute atomic E-state index is 0.0964. The van der Waals surface area contributed by atoms with Gasteiger partial charge in [0.15, 0.2) is 5.82 Å². The van der Waals surface area contributed by atoms with Gasteiger partial charge in [-0.05, 0) is 68.2 Å². The van der Waals surface area contributed by atoms with E-state index in [0.717, 1.165) is 35.5 Å². The molecule has 1 aromatic carbocycles. The van der Waals surface area contributed by atoms with Crippen LogP contribution in [0.25, 0.3) is 0 Å². The zero-order chi connectivity index (χ0) is 19.5. The van der Waals surface area contributed by atoms with E-state index in [1.165, 1.54) is 19.3 Å². The summed E-state index contributed by atoms with van der Waals surface area (Å²) in [5, 5.41) is 7.85. The minimum Gasteiger partial charge on any atom is -0.337 e. The van der Waals surface area contributed by atoms with Crippen molar-refractivity contribution >= 4 is 23.3 Å². The molecule has 6 nitrogen and oxygen atoms in total. The first-order valence-electron chi connectivity index (χ1n) is 10.2. The smallest absolute Gasteiger partial charge is 0.323 e. The highest BCUT2D eigenvalue weighted by molar-refractivity contribution is 6.31. The van der Waals surface area contributed by atoms with Gasteiger partial charge in [0.05, 0.1) is 0 Å². The fourth-order valence-electron chi connectivity index (χ4n) is 5.27. The van der Waals surface area contributed by atoms with Crippen LogP contribution in [-0.2, 0) is 5.54 Å². The quantitative estimate of drug-likeness (QED) is 0.765. The van der Waals surface area contributed by atoms with E-state index in [0.29, 0.717) is 23.6 Å². The Bertz CT molecular complexity index is 925. The number of anilines is 1. The number of likely N-dealkylation sites (tertiary alicyclic amines) is 1. The van der Waals surface area contributed by atoms with Gasteiger partial charge in [0.25, 0.3) is 5.89 Å². The molecule has 1 saturated heterocycles. The summed E-state index contributed by atoms with van der Waals surface area (Å²) in [7, 11) is 0. The molecule has 1 N–H and O–H groups in total. The molecule has 2 heterocycles. The van der Waals surface area contributed by atoms with Crippen molar-refractivity contribution in [1.29, 1.82) is 0 Å². The average Bonchev–Trinajstić information content (AvgIpc) is 3.02. The number of benzene rings is 1. The second-order valence-corrected chi connectivity index (χ2v) is 9.15. The summed E-state index contributed by atoms with van der Waals surface area (Å²) in [6.07, 6.45) is 6.34. The molecule has 0 radical (unpaired) electrons. The Morgan fingerprint density at radius 3 is 2.86 bits per heavy atom. The van der Waals surface area contributed by atoms with E-state index in [4.69, 9.17) is 16.1 Å². The normalized spacial score (nSPS) is 29.2. The first-order valence-corrected chi connectivity index (χ1v) is 10.5. The number of amides is 2. The van der Waals surface area contributed by atoms with Crippen LogP contribution in [0.2, 0.25) is 5.02 Å². The lowest BCUT2D eigenvalue weighted by atomic mass is 9.64. The van der Waals surface area contributed by atoms with Crippen molar-refractivity contribution < 1.29 is 9.32 Å². The molecule has 28 heavy (non-hydrogen) atoms. The summed E-state index contributed by atoms with van der Waals surface area (Å²) in [6, 6.07) is 5.92. The molecule has 2 aliphatic carbocycles. The van der Waals surface area contributed by atoms with Crippen molar-refractivity contribution in [2.45, 2.75) is 69.9 Å². The molecular weight excluding hydrogens is 376 g/mol. The third kappa shape index (κ3) is 2.72. The monoisotopic (exact) mass is 400 g/mol. The number of aromatic nitrogens is 2. The maximum Gasteiger partial charge on any atom is 0.323 e. The van der Waals surface area contributed by atoms with Crippen molar-refractivity contribution in [3.05, 3.63) is 40.5 Å². The van der Waals surface area contributed by atoms with E-state index in [1.54, 1.807) is 0 Å². The van der Waals surface area contributed by atoms with E-state index in [1.807, 2.05) is 30.0 Å². The van der Waals surface area contributed by atoms with Gasteiger partial charge in [0, 0.05) is 23.2 Å². The van der Waals surface area contributed by atoms with Crippen LogP contribution < -0.4 is 5.32 Å². The lowest BCUT2D eigenvalue weighted by Gasteiger charge is -2.61. The first-order chi connectivity index (χ1) is 13.5. The zero-order valence-electron chi connectivity index (χ0n) is 16.2. The number of nitrogens with zero attached hydrogens (tertiary/aromatic N) is 3. The number of nitrogens with one attached hydrogen (secondary N) is 1. The molecule has 148 valence electrons. The first kappa shape index (κ1) is 18.0. The number of halogens is 1. The highest BCUT2D eigenvalue weighted by Gasteiger charge is 2.62. The molecule has 3 aliphatic rings. The highest BCUT2D eigenvalue weighted by atomic mass is 35.5. The van der Waals surface area contributed by atoms with Gasteiger partial charge in [0.1, 0.15) is 5.54 Å². The Kier molecular flexibility index (Phi) is 4.16. The van der Waals surface area contributed by atoms with Gasteiger partial charge >= 0.3 is 6.03 Å². The number of rotatable bonds is 3. The van der Waals surface area contributed by atoms with E-state index in [2.05, 4.69) is 22.4 Å². The minimum atomic E-state index is -0.475. The number of urea groups is 1. The van der Waals surface area contributed by atoms with E-state index < -0.39 is 5.54 Å². The Balaban J connectivity index is 1.40. The summed E-state index contributed by atoms with van der Waals surface area (Å²) < 4.78 is 5.51. The number of piperidine rings is 1. The molecule has 0 spiro atoms. The summed E-state index contributed by atoms with van der Waals surface area (Å²) in [5.41, 5.74) is 1.47. The maximum atomic E-state index is 13.2. The molecule has 1 aliphatic heterocycles. The van der Waals surface area contributed by atoms with Gasteiger partial charge in [-0.25, -0.2) is 4.79 Å². The Morgan fingerprint density at radius 1 is 1.36 bits per heavy atom. The summed E-state index contributed by atoms with van der Waals surface area (Å²) >= 11 is 6.39. The SMILES string of the molecule is Cc1noc(C23CC(C[C@H](C)C2)N3C(=O)Nc2ccc(Cl)c(C3CCC3)c2)n1. The number of aryl methyl sites for hydroxylation is 1. The van der Waals surface area contributed by atoms with Crippen molar-refractivity contribution in [2.24, 2.45) is 5.92 Å². The molecule has 7 heteroatoms. The van der Waals surface area contributed by atoms with Crippen LogP contribution in [-0.4, -0.2) is 27.1 Å². The van der Waals surface area contributed by atoms with Crippen molar-refractivity contribution in [3.63, 3.8) is 0 Å². The van der Waals surface area contributed by atoms with Crippen molar-refractivity contribution in [2.75, 3.05) is 5.32 Å². The van der Waals surface area contributed by atoms with Crippen LogP contribution in [0.3, 0.4) is 0 Å². The highest BCUT2D eigenvalue weighted by Crippen LogP contribution is 2.55. The number of fused-ring (bicyclic) bond motifs is 2. The van der Waals surface area contributed by atoms with Gasteiger partial charge in [-0.15, -0.1) is 0 Å². The van der Waals surface area contributed by atoms with E-state index >= 15 is 0 Å². The van der Waals surface area contributed by atoms with Crippen LogP contribution in [0, 0.1) is 12.8 Å². The van der Waals surface area contributed by atoms with Gasteiger partial charge in [-0.2, -0.15) is 4.98 Å². The molecule has 1 aromatic heterocycles. The molecular formula is C21H25ClN4O2. The van der Waals surface area contributed by atoms with E-state index in [9.17, 15) is 4.79 Å². The lowest BCUT2D eigenvalue weighted by molar-refractivity contribution is -0.111. The lowest BCUT2D eigenvalue weighted by Crippen LogP contribution is -2.70. The van der Waals surface area contributed by atoms with Gasteiger partial charge < -0.3 is 14.7 Å². The predicted molar refractivity (Wildman–Crippen MR) is 106 cm³/mol. The fourth-order valence-corrected chi connectivity index (χ4v) is 5.54. The molecule has 2 bridgehead atoms. The van der Waals surface area contributed by atoms with Crippen LogP contribution in [0.5, 0.6) is 0 Å². The fraction of sp³-hybridized carbons (Fsp3) is 0.571. The molecule has 2 amide bonds. The maximum absolute atomic E-state index is 13.2. The third-order valence-corrected chi connectivity index (χ3v) is 7.04. The molecule has 2 saturated carbocycles. The van der Waals surface area contributed by atoms with Gasteiger partial charge in [-0.1, -0.05) is 30.1 Å². The largest absolute Gasteiger partial charge is 0.337 e. The summed E-state index contributed by atoms with van der Waals surface area (Å²) in [6.45, 7) is 4.04. The van der Waals surface area contributed by atoms with Gasteiger partial charge in [0.2, 0.25) is 0 Å². The molecule has 3 fully saturated rings. The standard InChI is InChI=1S/C21H25ClN4O2/c1-12-8-16-11-21(10-12,19-23-13(2)25-28-19)26(16)20(27)24-15-6-7-18(22)17(9-15)14-4-3-5-14/h6-7,9,12,14,16H,3-5,8,10-11H2,1-2H3,(H,24,27)/t12-,16?,21?/m0/s1. The number of hydrogen-bond acceptors (Lipinski definition) is 4. The van der Waals surface area contributed by atoms with Crippen molar-refractivity contribution in [3.8, 4) is 0 Å². The predicted octanol–water partition coefficient (Wildman–Crippen LogP) is 5.23. The molecule has 2 unspecified atom stereocenters. The third-order valence-electron chi connectivity index (χ3n) is 6.70. The number of carbonyl (C=O) groups excluding carboxylic acids is 1. The summed E-state index contributed by atoms with van der Waals surface area (Å²) in [4.78, 5) is 19.6. The van der Waals surface area contributed by atoms with Crippen molar-refractivity contribution in [1.82, 2.24) is 15.0 Å². The topological polar surface area (TPSA) is 71.3 Å². The number of hydrogen-bond donors (Lipinski definition) is 1. The van der Waals surface area contributed by atoms with Gasteiger partial charge in [-0.3, -0.25) is 0 Å². The molecule has 3 atom stereocenters. The van der Waals surface area contributed by atoms with Crippen LogP contribution >= 0.6 is 11.6 Å². The average molecular weight is 401 g/mol. The second-order valence-electron chi connectivity index (χ2n) is 8.75. The zero-order valence-corrected chi connectivity index (χ0v) is 17.0. The Morgan fingerprint density at radius 2 is 2.18 bits per heavy atom.